The van der Waals surface area contributed by atoms with Gasteiger partial charge in [0.05, 0.1) is 0 Å². The highest BCUT2D eigenvalue weighted by molar-refractivity contribution is 5.78. The third-order valence-corrected chi connectivity index (χ3v) is 3.79. The van der Waals surface area contributed by atoms with Gasteiger partial charge in [0.1, 0.15) is 5.54 Å². The van der Waals surface area contributed by atoms with Crippen LogP contribution in [0.3, 0.4) is 0 Å². The molecule has 15 heavy (non-hydrogen) atoms. The largest absolute Gasteiger partial charge is 0.480 e. The fourth-order valence-corrected chi connectivity index (χ4v) is 2.55. The lowest BCUT2D eigenvalue weighted by molar-refractivity contribution is -0.153. The van der Waals surface area contributed by atoms with E-state index in [1.165, 1.54) is 0 Å². The minimum absolute atomic E-state index is 0.581. The highest BCUT2D eigenvalue weighted by Crippen LogP contribution is 2.36. The summed E-state index contributed by atoms with van der Waals surface area (Å²) in [7, 11) is 1.95. The van der Waals surface area contributed by atoms with Gasteiger partial charge >= 0.3 is 5.97 Å². The van der Waals surface area contributed by atoms with Crippen molar-refractivity contribution >= 4 is 5.97 Å². The molecule has 0 atom stereocenters. The molecule has 1 saturated carbocycles. The van der Waals surface area contributed by atoms with Crippen LogP contribution in [0.2, 0.25) is 0 Å². The van der Waals surface area contributed by atoms with Crippen molar-refractivity contribution in [2.24, 2.45) is 5.92 Å². The number of carbonyl (C=O) groups is 1. The van der Waals surface area contributed by atoms with E-state index in [0.29, 0.717) is 5.92 Å². The molecule has 1 N–H and O–H groups in total. The molecular weight excluding hydrogens is 190 g/mol. The van der Waals surface area contributed by atoms with E-state index in [1.807, 2.05) is 11.9 Å². The van der Waals surface area contributed by atoms with Crippen LogP contribution >= 0.6 is 0 Å². The summed E-state index contributed by atoms with van der Waals surface area (Å²) in [5, 5.41) is 9.43. The molecule has 1 aliphatic rings. The Balaban J connectivity index is 2.75. The molecule has 3 nitrogen and oxygen atoms in total. The lowest BCUT2D eigenvalue weighted by Gasteiger charge is -2.42. The lowest BCUT2D eigenvalue weighted by Crippen LogP contribution is -2.55. The fraction of sp³-hybridized carbons (Fsp3) is 0.917. The average Bonchev–Trinajstić information content (AvgIpc) is 2.19. The summed E-state index contributed by atoms with van der Waals surface area (Å²) in [6.07, 6.45) is 4.71. The number of likely N-dealkylation sites (N-methyl/N-ethyl adjacent to an activating group) is 1. The van der Waals surface area contributed by atoms with Crippen LogP contribution in [0.5, 0.6) is 0 Å². The molecule has 0 amide bonds. The van der Waals surface area contributed by atoms with E-state index in [9.17, 15) is 9.90 Å². The van der Waals surface area contributed by atoms with Crippen LogP contribution in [0.1, 0.15) is 46.0 Å². The fourth-order valence-electron chi connectivity index (χ4n) is 2.55. The Kier molecular flexibility index (Phi) is 4.14. The zero-order valence-electron chi connectivity index (χ0n) is 10.1. The molecule has 0 aromatic carbocycles. The summed E-state index contributed by atoms with van der Waals surface area (Å²) in [6.45, 7) is 5.18. The van der Waals surface area contributed by atoms with Gasteiger partial charge in [0.25, 0.3) is 0 Å². The first-order chi connectivity index (χ1) is 7.03. The zero-order valence-corrected chi connectivity index (χ0v) is 10.1. The number of hydrogen-bond acceptors (Lipinski definition) is 2. The average molecular weight is 213 g/mol. The maximum atomic E-state index is 11.5. The Morgan fingerprint density at radius 1 is 1.47 bits per heavy atom. The maximum Gasteiger partial charge on any atom is 0.324 e. The lowest BCUT2D eigenvalue weighted by atomic mass is 9.76. The summed E-state index contributed by atoms with van der Waals surface area (Å²) in [5.74, 6) is 0.0536. The van der Waals surface area contributed by atoms with Gasteiger partial charge in [-0.2, -0.15) is 0 Å². The van der Waals surface area contributed by atoms with Crippen LogP contribution < -0.4 is 0 Å². The molecule has 0 bridgehead atoms. The van der Waals surface area contributed by atoms with Gasteiger partial charge < -0.3 is 5.11 Å². The minimum atomic E-state index is -0.634. The van der Waals surface area contributed by atoms with Gasteiger partial charge in [-0.15, -0.1) is 0 Å². The van der Waals surface area contributed by atoms with Crippen molar-refractivity contribution < 1.29 is 9.90 Å². The van der Waals surface area contributed by atoms with Crippen LogP contribution in [0.25, 0.3) is 0 Å². The first kappa shape index (κ1) is 12.5. The van der Waals surface area contributed by atoms with Crippen molar-refractivity contribution in [2.45, 2.75) is 51.5 Å². The number of carboxylic acids is 1. The molecular formula is C12H23NO2. The van der Waals surface area contributed by atoms with Crippen molar-refractivity contribution in [3.05, 3.63) is 0 Å². The second-order valence-corrected chi connectivity index (χ2v) is 4.94. The zero-order chi connectivity index (χ0) is 11.5. The van der Waals surface area contributed by atoms with Gasteiger partial charge in [-0.05, 0) is 51.6 Å². The summed E-state index contributed by atoms with van der Waals surface area (Å²) in [6, 6.07) is 0. The Morgan fingerprint density at radius 2 is 2.00 bits per heavy atom. The second kappa shape index (κ2) is 4.97. The van der Waals surface area contributed by atoms with Crippen LogP contribution in [-0.2, 0) is 4.79 Å². The summed E-state index contributed by atoms with van der Waals surface area (Å²) in [4.78, 5) is 13.5. The van der Waals surface area contributed by atoms with Crippen molar-refractivity contribution in [3.8, 4) is 0 Å². The van der Waals surface area contributed by atoms with Crippen molar-refractivity contribution in [1.82, 2.24) is 4.90 Å². The normalized spacial score (nSPS) is 31.9. The first-order valence-corrected chi connectivity index (χ1v) is 5.97. The summed E-state index contributed by atoms with van der Waals surface area (Å²) < 4.78 is 0. The van der Waals surface area contributed by atoms with Gasteiger partial charge in [-0.1, -0.05) is 13.8 Å². The topological polar surface area (TPSA) is 40.5 Å². The van der Waals surface area contributed by atoms with Crippen LogP contribution in [-0.4, -0.2) is 35.1 Å². The van der Waals surface area contributed by atoms with Crippen molar-refractivity contribution in [1.29, 1.82) is 0 Å². The van der Waals surface area contributed by atoms with Crippen molar-refractivity contribution in [2.75, 3.05) is 13.6 Å². The first-order valence-electron chi connectivity index (χ1n) is 5.97. The van der Waals surface area contributed by atoms with Gasteiger partial charge in [-0.25, -0.2) is 0 Å². The van der Waals surface area contributed by atoms with E-state index in [-0.39, 0.29) is 0 Å². The molecule has 0 aliphatic heterocycles. The highest BCUT2D eigenvalue weighted by Gasteiger charge is 2.44. The van der Waals surface area contributed by atoms with Crippen LogP contribution in [0, 0.1) is 5.92 Å². The molecule has 88 valence electrons. The molecule has 1 fully saturated rings. The van der Waals surface area contributed by atoms with Crippen LogP contribution in [0.4, 0.5) is 0 Å². The quantitative estimate of drug-likeness (QED) is 0.779. The Morgan fingerprint density at radius 3 is 2.40 bits per heavy atom. The predicted octanol–water partition coefficient (Wildman–Crippen LogP) is 2.36. The second-order valence-electron chi connectivity index (χ2n) is 4.94. The van der Waals surface area contributed by atoms with E-state index >= 15 is 0 Å². The number of nitrogens with zero attached hydrogens (tertiary/aromatic N) is 1. The minimum Gasteiger partial charge on any atom is -0.480 e. The third kappa shape index (κ3) is 2.51. The van der Waals surface area contributed by atoms with Gasteiger partial charge in [0, 0.05) is 0 Å². The maximum absolute atomic E-state index is 11.5. The SMILES string of the molecule is CCCN(C)C1(C(=O)O)CCC(C)CC1. The molecule has 0 heterocycles. The Bertz CT molecular complexity index is 220. The van der Waals surface area contributed by atoms with E-state index in [4.69, 9.17) is 0 Å². The molecule has 1 rings (SSSR count). The molecule has 1 aliphatic carbocycles. The van der Waals surface area contributed by atoms with Gasteiger partial charge in [-0.3, -0.25) is 9.69 Å². The molecule has 0 radical (unpaired) electrons. The van der Waals surface area contributed by atoms with E-state index < -0.39 is 11.5 Å². The molecule has 0 unspecified atom stereocenters. The standard InChI is InChI=1S/C12H23NO2/c1-4-9-13(3)12(11(14)15)7-5-10(2)6-8-12/h10H,4-9H2,1-3H3,(H,14,15). The smallest absolute Gasteiger partial charge is 0.324 e. The Labute approximate surface area is 92.5 Å². The summed E-state index contributed by atoms with van der Waals surface area (Å²) >= 11 is 0. The van der Waals surface area contributed by atoms with Gasteiger partial charge in [0.2, 0.25) is 0 Å². The van der Waals surface area contributed by atoms with Crippen LogP contribution in [0.15, 0.2) is 0 Å². The van der Waals surface area contributed by atoms with E-state index in [2.05, 4.69) is 13.8 Å². The number of hydrogen-bond donors (Lipinski definition) is 1. The molecule has 3 heteroatoms. The Hall–Kier alpha value is -0.570. The van der Waals surface area contributed by atoms with Gasteiger partial charge in [0.15, 0.2) is 0 Å². The third-order valence-electron chi connectivity index (χ3n) is 3.79. The highest BCUT2D eigenvalue weighted by atomic mass is 16.4. The monoisotopic (exact) mass is 213 g/mol. The number of aliphatic carboxylic acids is 1. The molecule has 0 aromatic heterocycles. The summed E-state index contributed by atoms with van der Waals surface area (Å²) in [5.41, 5.74) is -0.581. The van der Waals surface area contributed by atoms with E-state index in [0.717, 1.165) is 38.6 Å². The van der Waals surface area contributed by atoms with Crippen molar-refractivity contribution in [3.63, 3.8) is 0 Å². The molecule has 0 spiro atoms. The number of rotatable bonds is 4. The number of carboxylic acid groups (broad SMARTS) is 1. The molecule has 0 aromatic rings. The predicted molar refractivity (Wildman–Crippen MR) is 60.9 cm³/mol. The van der Waals surface area contributed by atoms with E-state index in [1.54, 1.807) is 0 Å². The molecule has 0 saturated heterocycles.